The van der Waals surface area contributed by atoms with Crippen LogP contribution in [0.1, 0.15) is 17.3 Å². The first-order chi connectivity index (χ1) is 9.63. The Labute approximate surface area is 121 Å². The minimum Gasteiger partial charge on any atom is -0.396 e. The van der Waals surface area contributed by atoms with E-state index in [9.17, 15) is 9.18 Å². The molecule has 2 aromatic rings. The van der Waals surface area contributed by atoms with Gasteiger partial charge in [-0.05, 0) is 30.0 Å². The van der Waals surface area contributed by atoms with Gasteiger partial charge in [-0.3, -0.25) is 4.79 Å². The summed E-state index contributed by atoms with van der Waals surface area (Å²) >= 11 is 1.63. The normalized spacial score (nSPS) is 10.3. The van der Waals surface area contributed by atoms with Crippen LogP contribution in [0.5, 0.6) is 0 Å². The van der Waals surface area contributed by atoms with Crippen molar-refractivity contribution in [1.82, 2.24) is 0 Å². The van der Waals surface area contributed by atoms with Gasteiger partial charge in [0.05, 0.1) is 16.9 Å². The molecule has 2 aromatic carbocycles. The molecule has 104 valence electrons. The number of thioether (sulfide) groups is 1. The number of para-hydroxylation sites is 2. The summed E-state index contributed by atoms with van der Waals surface area (Å²) in [6.45, 7) is 2.04. The van der Waals surface area contributed by atoms with Crippen molar-refractivity contribution in [3.05, 3.63) is 53.8 Å². The molecule has 0 aliphatic heterocycles. The number of nitrogens with two attached hydrogens (primary N) is 1. The number of anilines is 2. The standard InChI is InChI=1S/C15H15FN2OS/c1-2-20-13-9-4-3-8-12(13)18-15(19)10-6-5-7-11(16)14(10)17/h3-9H,2,17H2,1H3,(H,18,19). The number of amides is 1. The Kier molecular flexibility index (Phi) is 4.63. The van der Waals surface area contributed by atoms with E-state index in [4.69, 9.17) is 5.73 Å². The van der Waals surface area contributed by atoms with Crippen LogP contribution in [0.15, 0.2) is 47.4 Å². The lowest BCUT2D eigenvalue weighted by atomic mass is 10.1. The fraction of sp³-hybridized carbons (Fsp3) is 0.133. The van der Waals surface area contributed by atoms with Gasteiger partial charge in [-0.1, -0.05) is 25.1 Å². The van der Waals surface area contributed by atoms with Gasteiger partial charge in [0.2, 0.25) is 0 Å². The van der Waals surface area contributed by atoms with E-state index in [0.29, 0.717) is 5.69 Å². The maximum Gasteiger partial charge on any atom is 0.257 e. The van der Waals surface area contributed by atoms with Crippen molar-refractivity contribution < 1.29 is 9.18 Å². The number of carbonyl (C=O) groups excluding carboxylic acids is 1. The molecule has 3 N–H and O–H groups in total. The minimum absolute atomic E-state index is 0.134. The summed E-state index contributed by atoms with van der Waals surface area (Å²) in [5.41, 5.74) is 6.30. The molecule has 0 aliphatic rings. The van der Waals surface area contributed by atoms with Crippen molar-refractivity contribution in [3.63, 3.8) is 0 Å². The molecule has 0 heterocycles. The molecule has 0 fully saturated rings. The quantitative estimate of drug-likeness (QED) is 0.665. The summed E-state index contributed by atoms with van der Waals surface area (Å²) in [4.78, 5) is 13.1. The Balaban J connectivity index is 2.26. The van der Waals surface area contributed by atoms with E-state index in [-0.39, 0.29) is 11.3 Å². The first-order valence-electron chi connectivity index (χ1n) is 6.20. The van der Waals surface area contributed by atoms with E-state index < -0.39 is 11.7 Å². The second-order valence-corrected chi connectivity index (χ2v) is 5.39. The smallest absolute Gasteiger partial charge is 0.257 e. The molecule has 0 spiro atoms. The molecule has 20 heavy (non-hydrogen) atoms. The van der Waals surface area contributed by atoms with Crippen molar-refractivity contribution in [2.45, 2.75) is 11.8 Å². The number of hydrogen-bond donors (Lipinski definition) is 2. The average molecular weight is 290 g/mol. The molecule has 0 bridgehead atoms. The van der Waals surface area contributed by atoms with Gasteiger partial charge >= 0.3 is 0 Å². The van der Waals surface area contributed by atoms with E-state index in [1.807, 2.05) is 31.2 Å². The molecule has 0 unspecified atom stereocenters. The summed E-state index contributed by atoms with van der Waals surface area (Å²) in [7, 11) is 0. The Morgan fingerprint density at radius 3 is 2.75 bits per heavy atom. The molecule has 3 nitrogen and oxygen atoms in total. The van der Waals surface area contributed by atoms with Crippen molar-refractivity contribution in [2.75, 3.05) is 16.8 Å². The number of halogens is 1. The Bertz CT molecular complexity index is 631. The van der Waals surface area contributed by atoms with Crippen LogP contribution in [-0.4, -0.2) is 11.7 Å². The number of rotatable bonds is 4. The molecular weight excluding hydrogens is 275 g/mol. The van der Waals surface area contributed by atoms with Crippen LogP contribution < -0.4 is 11.1 Å². The largest absolute Gasteiger partial charge is 0.396 e. The molecule has 0 aliphatic carbocycles. The summed E-state index contributed by atoms with van der Waals surface area (Å²) in [5, 5.41) is 2.77. The van der Waals surface area contributed by atoms with Crippen molar-refractivity contribution in [3.8, 4) is 0 Å². The third-order valence-electron chi connectivity index (χ3n) is 2.73. The van der Waals surface area contributed by atoms with Crippen LogP contribution in [0.25, 0.3) is 0 Å². The lowest BCUT2D eigenvalue weighted by molar-refractivity contribution is 0.102. The predicted octanol–water partition coefficient (Wildman–Crippen LogP) is 3.77. The molecule has 0 aromatic heterocycles. The van der Waals surface area contributed by atoms with Gasteiger partial charge in [0.1, 0.15) is 5.82 Å². The number of hydrogen-bond acceptors (Lipinski definition) is 3. The zero-order chi connectivity index (χ0) is 14.5. The fourth-order valence-corrected chi connectivity index (χ4v) is 2.54. The zero-order valence-corrected chi connectivity index (χ0v) is 11.8. The van der Waals surface area contributed by atoms with Crippen LogP contribution in [0.4, 0.5) is 15.8 Å². The SMILES string of the molecule is CCSc1ccccc1NC(=O)c1cccc(F)c1N. The summed E-state index contributed by atoms with van der Waals surface area (Å²) in [5.74, 6) is -0.102. The number of benzene rings is 2. The molecule has 5 heteroatoms. The first-order valence-corrected chi connectivity index (χ1v) is 7.19. The van der Waals surface area contributed by atoms with E-state index in [1.54, 1.807) is 11.8 Å². The van der Waals surface area contributed by atoms with E-state index in [2.05, 4.69) is 5.32 Å². The van der Waals surface area contributed by atoms with Gasteiger partial charge in [-0.15, -0.1) is 11.8 Å². The van der Waals surface area contributed by atoms with E-state index in [1.165, 1.54) is 18.2 Å². The van der Waals surface area contributed by atoms with E-state index >= 15 is 0 Å². The van der Waals surface area contributed by atoms with Crippen LogP contribution >= 0.6 is 11.8 Å². The lowest BCUT2D eigenvalue weighted by Gasteiger charge is -2.11. The van der Waals surface area contributed by atoms with Crippen molar-refractivity contribution in [2.24, 2.45) is 0 Å². The monoisotopic (exact) mass is 290 g/mol. The van der Waals surface area contributed by atoms with Gasteiger partial charge in [0.25, 0.3) is 5.91 Å². The number of carbonyl (C=O) groups is 1. The molecule has 2 rings (SSSR count). The van der Waals surface area contributed by atoms with Crippen LogP contribution in [0.2, 0.25) is 0 Å². The van der Waals surface area contributed by atoms with Crippen LogP contribution in [0, 0.1) is 5.82 Å². The molecule has 1 amide bonds. The van der Waals surface area contributed by atoms with Gasteiger partial charge in [-0.25, -0.2) is 4.39 Å². The highest BCUT2D eigenvalue weighted by Gasteiger charge is 2.14. The van der Waals surface area contributed by atoms with Gasteiger partial charge in [0.15, 0.2) is 0 Å². The Morgan fingerprint density at radius 2 is 2.00 bits per heavy atom. The second kappa shape index (κ2) is 6.43. The summed E-state index contributed by atoms with van der Waals surface area (Å²) in [6, 6.07) is 11.7. The second-order valence-electron chi connectivity index (χ2n) is 4.08. The molecular formula is C15H15FN2OS. The topological polar surface area (TPSA) is 55.1 Å². The summed E-state index contributed by atoms with van der Waals surface area (Å²) < 4.78 is 13.4. The van der Waals surface area contributed by atoms with Crippen molar-refractivity contribution in [1.29, 1.82) is 0 Å². The summed E-state index contributed by atoms with van der Waals surface area (Å²) in [6.07, 6.45) is 0. The zero-order valence-electron chi connectivity index (χ0n) is 11.0. The number of nitrogens with one attached hydrogen (secondary N) is 1. The fourth-order valence-electron chi connectivity index (χ4n) is 1.78. The molecule has 0 atom stereocenters. The van der Waals surface area contributed by atoms with E-state index in [0.717, 1.165) is 10.6 Å². The third-order valence-corrected chi connectivity index (χ3v) is 3.69. The third kappa shape index (κ3) is 3.11. The average Bonchev–Trinajstić information content (AvgIpc) is 2.44. The molecule has 0 saturated carbocycles. The highest BCUT2D eigenvalue weighted by atomic mass is 32.2. The lowest BCUT2D eigenvalue weighted by Crippen LogP contribution is -2.15. The van der Waals surface area contributed by atoms with Crippen molar-refractivity contribution >= 4 is 29.0 Å². The van der Waals surface area contributed by atoms with Gasteiger partial charge in [-0.2, -0.15) is 0 Å². The maximum absolute atomic E-state index is 13.4. The van der Waals surface area contributed by atoms with Gasteiger partial charge < -0.3 is 11.1 Å². The predicted molar refractivity (Wildman–Crippen MR) is 81.6 cm³/mol. The Hall–Kier alpha value is -2.01. The number of nitrogen functional groups attached to an aromatic ring is 1. The highest BCUT2D eigenvalue weighted by molar-refractivity contribution is 7.99. The molecule has 0 radical (unpaired) electrons. The van der Waals surface area contributed by atoms with Gasteiger partial charge in [0, 0.05) is 4.90 Å². The van der Waals surface area contributed by atoms with Crippen LogP contribution in [0.3, 0.4) is 0 Å². The maximum atomic E-state index is 13.4. The Morgan fingerprint density at radius 1 is 1.25 bits per heavy atom. The minimum atomic E-state index is -0.589. The van der Waals surface area contributed by atoms with Crippen LogP contribution in [-0.2, 0) is 0 Å². The first kappa shape index (κ1) is 14.4. The molecule has 0 saturated heterocycles. The highest BCUT2D eigenvalue weighted by Crippen LogP contribution is 2.27.